The fraction of sp³-hybridized carbons (Fsp3) is 0.600. The lowest BCUT2D eigenvalue weighted by Crippen LogP contribution is -2.37. The third-order valence-corrected chi connectivity index (χ3v) is 3.13. The molecule has 1 unspecified atom stereocenters. The molecule has 1 saturated heterocycles. The van der Waals surface area contributed by atoms with Gasteiger partial charge in [-0.3, -0.25) is 4.79 Å². The van der Waals surface area contributed by atoms with Crippen LogP contribution < -0.4 is 10.9 Å². The van der Waals surface area contributed by atoms with E-state index in [1.165, 1.54) is 13.2 Å². The highest BCUT2D eigenvalue weighted by atomic mass is 35.5. The largest absolute Gasteiger partial charge is 0.386 e. The molecule has 0 bridgehead atoms. The van der Waals surface area contributed by atoms with Gasteiger partial charge in [0.05, 0.1) is 18.5 Å². The van der Waals surface area contributed by atoms with Crippen LogP contribution in [0.1, 0.15) is 6.42 Å². The monoisotopic (exact) mass is 259 g/mol. The SMILES string of the molecule is Cn1ncc(NCC2(O)CCOC2)c(Cl)c1=O. The first kappa shape index (κ1) is 12.3. The average molecular weight is 260 g/mol. The number of aliphatic hydroxyl groups is 1. The van der Waals surface area contributed by atoms with Gasteiger partial charge < -0.3 is 15.2 Å². The highest BCUT2D eigenvalue weighted by molar-refractivity contribution is 6.32. The molecule has 2 N–H and O–H groups in total. The van der Waals surface area contributed by atoms with Crippen LogP contribution in [0.2, 0.25) is 5.02 Å². The second-order valence-electron chi connectivity index (χ2n) is 4.18. The fourth-order valence-corrected chi connectivity index (χ4v) is 1.87. The second kappa shape index (κ2) is 4.64. The lowest BCUT2D eigenvalue weighted by molar-refractivity contribution is 0.0382. The van der Waals surface area contributed by atoms with E-state index in [2.05, 4.69) is 10.4 Å². The molecule has 1 aliphatic heterocycles. The van der Waals surface area contributed by atoms with Gasteiger partial charge in [0.1, 0.15) is 10.6 Å². The van der Waals surface area contributed by atoms with Crippen LogP contribution >= 0.6 is 11.6 Å². The normalized spacial score (nSPS) is 23.9. The summed E-state index contributed by atoms with van der Waals surface area (Å²) in [7, 11) is 1.52. The van der Waals surface area contributed by atoms with E-state index in [0.29, 0.717) is 18.7 Å². The number of anilines is 1. The second-order valence-corrected chi connectivity index (χ2v) is 4.56. The standard InChI is InChI=1S/C10H14ClN3O3/c1-14-9(15)8(11)7(4-13-14)12-5-10(16)2-3-17-6-10/h4,12,16H,2-3,5-6H2,1H3. The van der Waals surface area contributed by atoms with E-state index in [0.717, 1.165) is 4.68 Å². The zero-order chi connectivity index (χ0) is 12.5. The minimum atomic E-state index is -0.898. The summed E-state index contributed by atoms with van der Waals surface area (Å²) < 4.78 is 6.27. The quantitative estimate of drug-likeness (QED) is 0.799. The van der Waals surface area contributed by atoms with Gasteiger partial charge in [-0.15, -0.1) is 0 Å². The first-order chi connectivity index (χ1) is 8.02. The van der Waals surface area contributed by atoms with Crippen molar-refractivity contribution in [1.82, 2.24) is 9.78 Å². The molecule has 94 valence electrons. The molecule has 2 rings (SSSR count). The molecule has 0 saturated carbocycles. The summed E-state index contributed by atoms with van der Waals surface area (Å²) in [6.07, 6.45) is 2.03. The Morgan fingerprint density at radius 1 is 1.76 bits per heavy atom. The van der Waals surface area contributed by atoms with E-state index in [1.54, 1.807) is 0 Å². The number of aromatic nitrogens is 2. The smallest absolute Gasteiger partial charge is 0.287 e. The van der Waals surface area contributed by atoms with E-state index in [9.17, 15) is 9.90 Å². The topological polar surface area (TPSA) is 76.4 Å². The molecule has 1 aromatic heterocycles. The maximum absolute atomic E-state index is 11.5. The predicted octanol–water partition coefficient (Wildman–Crippen LogP) is -0.00300. The van der Waals surface area contributed by atoms with E-state index in [1.807, 2.05) is 0 Å². The van der Waals surface area contributed by atoms with Crippen molar-refractivity contribution in [2.75, 3.05) is 25.1 Å². The lowest BCUT2D eigenvalue weighted by atomic mass is 10.0. The van der Waals surface area contributed by atoms with Gasteiger partial charge in [-0.05, 0) is 0 Å². The molecule has 0 aliphatic carbocycles. The summed E-state index contributed by atoms with van der Waals surface area (Å²) in [6, 6.07) is 0. The Balaban J connectivity index is 2.09. The average Bonchev–Trinajstić information content (AvgIpc) is 2.73. The van der Waals surface area contributed by atoms with Crippen molar-refractivity contribution in [1.29, 1.82) is 0 Å². The number of nitrogens with zero attached hydrogens (tertiary/aromatic N) is 2. The number of hydrogen-bond acceptors (Lipinski definition) is 5. The van der Waals surface area contributed by atoms with Gasteiger partial charge in [-0.1, -0.05) is 11.6 Å². The van der Waals surface area contributed by atoms with Gasteiger partial charge >= 0.3 is 0 Å². The molecule has 1 fully saturated rings. The summed E-state index contributed by atoms with van der Waals surface area (Å²) in [5, 5.41) is 16.9. The minimum absolute atomic E-state index is 0.0741. The molecule has 6 nitrogen and oxygen atoms in total. The van der Waals surface area contributed by atoms with Crippen LogP contribution in [0.5, 0.6) is 0 Å². The molecular weight excluding hydrogens is 246 g/mol. The molecule has 1 aliphatic rings. The summed E-state index contributed by atoms with van der Waals surface area (Å²) in [5.41, 5.74) is -0.842. The molecule has 7 heteroatoms. The van der Waals surface area contributed by atoms with Crippen LogP contribution in [0.25, 0.3) is 0 Å². The third kappa shape index (κ3) is 2.59. The van der Waals surface area contributed by atoms with Crippen molar-refractivity contribution in [2.24, 2.45) is 7.05 Å². The Labute approximate surface area is 103 Å². The van der Waals surface area contributed by atoms with E-state index in [-0.39, 0.29) is 23.7 Å². The molecule has 0 radical (unpaired) electrons. The fourth-order valence-electron chi connectivity index (χ4n) is 1.63. The van der Waals surface area contributed by atoms with Gasteiger partial charge in [-0.25, -0.2) is 4.68 Å². The third-order valence-electron chi connectivity index (χ3n) is 2.77. The summed E-state index contributed by atoms with van der Waals surface area (Å²) in [6.45, 7) is 1.11. The first-order valence-corrected chi connectivity index (χ1v) is 5.65. The highest BCUT2D eigenvalue weighted by Gasteiger charge is 2.32. The number of rotatable bonds is 3. The molecular formula is C10H14ClN3O3. The van der Waals surface area contributed by atoms with Crippen LogP contribution in [0, 0.1) is 0 Å². The van der Waals surface area contributed by atoms with Crippen molar-refractivity contribution in [3.63, 3.8) is 0 Å². The number of aryl methyl sites for hydroxylation is 1. The van der Waals surface area contributed by atoms with Crippen molar-refractivity contribution >= 4 is 17.3 Å². The zero-order valence-corrected chi connectivity index (χ0v) is 10.2. The van der Waals surface area contributed by atoms with Gasteiger partial charge in [-0.2, -0.15) is 5.10 Å². The zero-order valence-electron chi connectivity index (χ0n) is 9.44. The summed E-state index contributed by atoms with van der Waals surface area (Å²) in [4.78, 5) is 11.5. The van der Waals surface area contributed by atoms with Gasteiger partial charge in [0.2, 0.25) is 0 Å². The highest BCUT2D eigenvalue weighted by Crippen LogP contribution is 2.21. The number of hydrogen-bond donors (Lipinski definition) is 2. The van der Waals surface area contributed by atoms with Crippen LogP contribution in [0.15, 0.2) is 11.0 Å². The molecule has 0 aromatic carbocycles. The molecule has 2 heterocycles. The number of halogens is 1. The van der Waals surface area contributed by atoms with E-state index < -0.39 is 5.60 Å². The van der Waals surface area contributed by atoms with Crippen LogP contribution in [-0.2, 0) is 11.8 Å². The van der Waals surface area contributed by atoms with E-state index in [4.69, 9.17) is 16.3 Å². The molecule has 0 amide bonds. The van der Waals surface area contributed by atoms with Gasteiger partial charge in [0.15, 0.2) is 0 Å². The summed E-state index contributed by atoms with van der Waals surface area (Å²) in [5.74, 6) is 0. The van der Waals surface area contributed by atoms with Crippen LogP contribution in [0.4, 0.5) is 5.69 Å². The Kier molecular flexibility index (Phi) is 3.37. The minimum Gasteiger partial charge on any atom is -0.386 e. The van der Waals surface area contributed by atoms with Crippen molar-refractivity contribution in [3.8, 4) is 0 Å². The molecule has 1 aromatic rings. The Morgan fingerprint density at radius 3 is 3.18 bits per heavy atom. The van der Waals surface area contributed by atoms with E-state index >= 15 is 0 Å². The van der Waals surface area contributed by atoms with Gasteiger partial charge in [0.25, 0.3) is 5.56 Å². The van der Waals surface area contributed by atoms with Crippen LogP contribution in [-0.4, -0.2) is 40.2 Å². The summed E-state index contributed by atoms with van der Waals surface area (Å²) >= 11 is 5.88. The van der Waals surface area contributed by atoms with Crippen molar-refractivity contribution < 1.29 is 9.84 Å². The first-order valence-electron chi connectivity index (χ1n) is 5.28. The molecule has 17 heavy (non-hydrogen) atoms. The molecule has 0 spiro atoms. The Morgan fingerprint density at radius 2 is 2.53 bits per heavy atom. The lowest BCUT2D eigenvalue weighted by Gasteiger charge is -2.21. The van der Waals surface area contributed by atoms with Crippen LogP contribution in [0.3, 0.4) is 0 Å². The number of ether oxygens (including phenoxy) is 1. The Bertz CT molecular complexity index is 468. The molecule has 1 atom stereocenters. The number of nitrogens with one attached hydrogen (secondary N) is 1. The van der Waals surface area contributed by atoms with Gasteiger partial charge in [0, 0.05) is 26.6 Å². The maximum Gasteiger partial charge on any atom is 0.287 e. The Hall–Kier alpha value is -1.11. The maximum atomic E-state index is 11.5. The predicted molar refractivity (Wildman–Crippen MR) is 63.4 cm³/mol. The van der Waals surface area contributed by atoms with Crippen molar-refractivity contribution in [3.05, 3.63) is 21.6 Å². The van der Waals surface area contributed by atoms with Crippen molar-refractivity contribution in [2.45, 2.75) is 12.0 Å².